The third-order valence-electron chi connectivity index (χ3n) is 2.60. The molecule has 2 aromatic rings. The van der Waals surface area contributed by atoms with Crippen molar-refractivity contribution >= 4 is 0 Å². The number of aromatic nitrogens is 3. The van der Waals surface area contributed by atoms with Gasteiger partial charge in [0.15, 0.2) is 11.6 Å². The van der Waals surface area contributed by atoms with E-state index in [1.807, 2.05) is 13.8 Å². The quantitative estimate of drug-likeness (QED) is 0.913. The van der Waals surface area contributed by atoms with Crippen molar-refractivity contribution in [3.05, 3.63) is 35.7 Å². The van der Waals surface area contributed by atoms with Crippen LogP contribution in [0.3, 0.4) is 0 Å². The molecule has 0 radical (unpaired) electrons. The number of rotatable bonds is 3. The maximum absolute atomic E-state index is 13.7. The van der Waals surface area contributed by atoms with Gasteiger partial charge in [-0.1, -0.05) is 0 Å². The van der Waals surface area contributed by atoms with Crippen LogP contribution < -0.4 is 0 Å². The molecule has 6 heteroatoms. The van der Waals surface area contributed by atoms with Crippen molar-refractivity contribution < 1.29 is 13.9 Å². The van der Waals surface area contributed by atoms with E-state index in [2.05, 4.69) is 10.2 Å². The lowest BCUT2D eigenvalue weighted by Crippen LogP contribution is -2.08. The first kappa shape index (κ1) is 12.6. The fourth-order valence-electron chi connectivity index (χ4n) is 1.83. The SMILES string of the molecule is CC(C)n1c(CO)nnc1-c1ccc(F)cc1F. The summed E-state index contributed by atoms with van der Waals surface area (Å²) in [6, 6.07) is 3.24. The molecule has 0 aliphatic heterocycles. The van der Waals surface area contributed by atoms with Gasteiger partial charge in [0.2, 0.25) is 0 Å². The van der Waals surface area contributed by atoms with Gasteiger partial charge < -0.3 is 9.67 Å². The van der Waals surface area contributed by atoms with Crippen LogP contribution in [-0.4, -0.2) is 19.9 Å². The molecule has 0 unspecified atom stereocenters. The highest BCUT2D eigenvalue weighted by Gasteiger charge is 2.18. The van der Waals surface area contributed by atoms with Crippen LogP contribution in [0.15, 0.2) is 18.2 Å². The largest absolute Gasteiger partial charge is 0.388 e. The number of benzene rings is 1. The molecule has 1 aromatic carbocycles. The molecule has 0 fully saturated rings. The first-order valence-electron chi connectivity index (χ1n) is 5.54. The number of aliphatic hydroxyl groups excluding tert-OH is 1. The molecule has 0 saturated heterocycles. The van der Waals surface area contributed by atoms with E-state index in [4.69, 9.17) is 5.11 Å². The fourth-order valence-corrected chi connectivity index (χ4v) is 1.83. The number of hydrogen-bond acceptors (Lipinski definition) is 3. The Hall–Kier alpha value is -1.82. The van der Waals surface area contributed by atoms with Crippen LogP contribution in [0.5, 0.6) is 0 Å². The molecule has 96 valence electrons. The monoisotopic (exact) mass is 253 g/mol. The van der Waals surface area contributed by atoms with Crippen molar-refractivity contribution in [2.75, 3.05) is 0 Å². The van der Waals surface area contributed by atoms with Gasteiger partial charge in [-0.2, -0.15) is 0 Å². The Balaban J connectivity index is 2.60. The Labute approximate surface area is 103 Å². The predicted octanol–water partition coefficient (Wildman–Crippen LogP) is 2.30. The lowest BCUT2D eigenvalue weighted by atomic mass is 10.2. The molecule has 18 heavy (non-hydrogen) atoms. The van der Waals surface area contributed by atoms with Crippen LogP contribution in [0.1, 0.15) is 25.7 Å². The van der Waals surface area contributed by atoms with E-state index < -0.39 is 11.6 Å². The van der Waals surface area contributed by atoms with Crippen molar-refractivity contribution in [1.29, 1.82) is 0 Å². The zero-order valence-corrected chi connectivity index (χ0v) is 10.1. The summed E-state index contributed by atoms with van der Waals surface area (Å²) in [6.07, 6.45) is 0. The van der Waals surface area contributed by atoms with Crippen LogP contribution in [0.25, 0.3) is 11.4 Å². The summed E-state index contributed by atoms with van der Waals surface area (Å²) in [4.78, 5) is 0. The van der Waals surface area contributed by atoms with Gasteiger partial charge in [-0.3, -0.25) is 0 Å². The lowest BCUT2D eigenvalue weighted by Gasteiger charge is -2.13. The van der Waals surface area contributed by atoms with Crippen LogP contribution in [-0.2, 0) is 6.61 Å². The number of nitrogens with zero attached hydrogens (tertiary/aromatic N) is 3. The van der Waals surface area contributed by atoms with Gasteiger partial charge in [0, 0.05) is 12.1 Å². The first-order valence-corrected chi connectivity index (χ1v) is 5.54. The second kappa shape index (κ2) is 4.81. The maximum Gasteiger partial charge on any atom is 0.167 e. The zero-order chi connectivity index (χ0) is 13.3. The highest BCUT2D eigenvalue weighted by atomic mass is 19.1. The maximum atomic E-state index is 13.7. The average Bonchev–Trinajstić information content (AvgIpc) is 2.72. The second-order valence-corrected chi connectivity index (χ2v) is 4.19. The molecule has 0 bridgehead atoms. The van der Waals surface area contributed by atoms with Crippen LogP contribution >= 0.6 is 0 Å². The molecule has 0 aliphatic carbocycles. The number of hydrogen-bond donors (Lipinski definition) is 1. The molecule has 0 saturated carbocycles. The highest BCUT2D eigenvalue weighted by Crippen LogP contribution is 2.25. The number of halogens is 2. The third kappa shape index (κ3) is 2.11. The van der Waals surface area contributed by atoms with Crippen molar-refractivity contribution in [2.24, 2.45) is 0 Å². The average molecular weight is 253 g/mol. The summed E-state index contributed by atoms with van der Waals surface area (Å²) in [7, 11) is 0. The van der Waals surface area contributed by atoms with Crippen molar-refractivity contribution in [3.8, 4) is 11.4 Å². The Morgan fingerprint density at radius 3 is 2.56 bits per heavy atom. The summed E-state index contributed by atoms with van der Waals surface area (Å²) in [5.74, 6) is -0.710. The first-order chi connectivity index (χ1) is 8.54. The van der Waals surface area contributed by atoms with Crippen molar-refractivity contribution in [2.45, 2.75) is 26.5 Å². The molecule has 0 amide bonds. The minimum Gasteiger partial charge on any atom is -0.388 e. The molecule has 1 N–H and O–H groups in total. The molecular weight excluding hydrogens is 240 g/mol. The van der Waals surface area contributed by atoms with Gasteiger partial charge in [0.25, 0.3) is 0 Å². The second-order valence-electron chi connectivity index (χ2n) is 4.19. The molecule has 2 rings (SSSR count). The van der Waals surface area contributed by atoms with E-state index in [0.29, 0.717) is 5.82 Å². The Morgan fingerprint density at radius 1 is 1.28 bits per heavy atom. The van der Waals surface area contributed by atoms with Gasteiger partial charge in [-0.25, -0.2) is 8.78 Å². The third-order valence-corrected chi connectivity index (χ3v) is 2.60. The minimum atomic E-state index is -0.700. The Bertz CT molecular complexity index is 566. The van der Waals surface area contributed by atoms with E-state index in [1.165, 1.54) is 6.07 Å². The van der Waals surface area contributed by atoms with Crippen LogP contribution in [0, 0.1) is 11.6 Å². The summed E-state index contributed by atoms with van der Waals surface area (Å²) in [5, 5.41) is 16.8. The van der Waals surface area contributed by atoms with Crippen LogP contribution in [0.2, 0.25) is 0 Å². The van der Waals surface area contributed by atoms with Gasteiger partial charge in [-0.15, -0.1) is 10.2 Å². The Morgan fingerprint density at radius 2 is 2.00 bits per heavy atom. The van der Waals surface area contributed by atoms with Gasteiger partial charge in [-0.05, 0) is 26.0 Å². The van der Waals surface area contributed by atoms with E-state index in [1.54, 1.807) is 4.57 Å². The molecule has 0 atom stereocenters. The van der Waals surface area contributed by atoms with Gasteiger partial charge in [0.1, 0.15) is 18.2 Å². The van der Waals surface area contributed by atoms with Crippen molar-refractivity contribution in [1.82, 2.24) is 14.8 Å². The van der Waals surface area contributed by atoms with E-state index >= 15 is 0 Å². The molecule has 1 aromatic heterocycles. The van der Waals surface area contributed by atoms with Gasteiger partial charge in [0.05, 0.1) is 5.56 Å². The summed E-state index contributed by atoms with van der Waals surface area (Å²) >= 11 is 0. The van der Waals surface area contributed by atoms with E-state index in [0.717, 1.165) is 12.1 Å². The summed E-state index contributed by atoms with van der Waals surface area (Å²) in [6.45, 7) is 3.45. The minimum absolute atomic E-state index is 0.0402. The topological polar surface area (TPSA) is 50.9 Å². The highest BCUT2D eigenvalue weighted by molar-refractivity contribution is 5.56. The van der Waals surface area contributed by atoms with Gasteiger partial charge >= 0.3 is 0 Å². The van der Waals surface area contributed by atoms with E-state index in [-0.39, 0.29) is 24.0 Å². The predicted molar refractivity (Wildman–Crippen MR) is 61.7 cm³/mol. The van der Waals surface area contributed by atoms with E-state index in [9.17, 15) is 8.78 Å². The summed E-state index contributed by atoms with van der Waals surface area (Å²) in [5.41, 5.74) is 0.164. The molecule has 1 heterocycles. The standard InChI is InChI=1S/C12H13F2N3O/c1-7(2)17-11(6-18)15-16-12(17)9-4-3-8(13)5-10(9)14/h3-5,7,18H,6H2,1-2H3. The molecule has 4 nitrogen and oxygen atoms in total. The normalized spacial score (nSPS) is 11.2. The molecular formula is C12H13F2N3O. The smallest absolute Gasteiger partial charge is 0.167 e. The molecule has 0 spiro atoms. The zero-order valence-electron chi connectivity index (χ0n) is 10.1. The van der Waals surface area contributed by atoms with Crippen LogP contribution in [0.4, 0.5) is 8.78 Å². The Kier molecular flexibility index (Phi) is 3.38. The lowest BCUT2D eigenvalue weighted by molar-refractivity contribution is 0.262. The number of aliphatic hydroxyl groups is 1. The molecule has 0 aliphatic rings. The van der Waals surface area contributed by atoms with Crippen molar-refractivity contribution in [3.63, 3.8) is 0 Å². The summed E-state index contributed by atoms with van der Waals surface area (Å²) < 4.78 is 28.2. The fraction of sp³-hybridized carbons (Fsp3) is 0.333.